The van der Waals surface area contributed by atoms with E-state index in [0.717, 1.165) is 17.1 Å². The monoisotopic (exact) mass is 270 g/mol. The molecule has 0 atom stereocenters. The van der Waals surface area contributed by atoms with Crippen LogP contribution in [0.4, 0.5) is 0 Å². The number of benzene rings is 1. The Balaban J connectivity index is 2.11. The zero-order valence-corrected chi connectivity index (χ0v) is 12.7. The van der Waals surface area contributed by atoms with Crippen molar-refractivity contribution in [3.63, 3.8) is 0 Å². The van der Waals surface area contributed by atoms with E-state index < -0.39 is 0 Å². The highest BCUT2D eigenvalue weighted by Gasteiger charge is 2.06. The maximum Gasteiger partial charge on any atom is 0.142 e. The molecule has 0 aliphatic heterocycles. The third-order valence-electron chi connectivity index (χ3n) is 3.38. The number of nitrogens with one attached hydrogen (secondary N) is 1. The standard InChI is InChI=1S/C17H22N2O/c1-12-5-7-15(9-13(12)2)11-20-17-8-6-14(3)19-16(17)10-18-4/h5-9,18H,10-11H2,1-4H3. The molecule has 0 saturated carbocycles. The molecule has 2 aromatic rings. The van der Waals surface area contributed by atoms with Crippen LogP contribution in [0.15, 0.2) is 30.3 Å². The number of rotatable bonds is 5. The summed E-state index contributed by atoms with van der Waals surface area (Å²) in [4.78, 5) is 4.52. The first kappa shape index (κ1) is 14.5. The maximum atomic E-state index is 5.92. The van der Waals surface area contributed by atoms with Gasteiger partial charge in [0.25, 0.3) is 0 Å². The number of hydrogen-bond acceptors (Lipinski definition) is 3. The first-order valence-electron chi connectivity index (χ1n) is 6.90. The summed E-state index contributed by atoms with van der Waals surface area (Å²) in [5, 5.41) is 3.12. The first-order valence-corrected chi connectivity index (χ1v) is 6.90. The van der Waals surface area contributed by atoms with Gasteiger partial charge in [0, 0.05) is 12.2 Å². The van der Waals surface area contributed by atoms with Gasteiger partial charge in [0.1, 0.15) is 12.4 Å². The molecule has 0 saturated heterocycles. The highest BCUT2D eigenvalue weighted by Crippen LogP contribution is 2.19. The number of hydrogen-bond donors (Lipinski definition) is 1. The second-order valence-electron chi connectivity index (χ2n) is 5.14. The zero-order chi connectivity index (χ0) is 14.5. The van der Waals surface area contributed by atoms with E-state index in [9.17, 15) is 0 Å². The van der Waals surface area contributed by atoms with Gasteiger partial charge in [0.2, 0.25) is 0 Å². The van der Waals surface area contributed by atoms with Crippen molar-refractivity contribution in [2.75, 3.05) is 7.05 Å². The van der Waals surface area contributed by atoms with Crippen LogP contribution in [-0.4, -0.2) is 12.0 Å². The Kier molecular flexibility index (Phi) is 4.74. The molecule has 0 aliphatic carbocycles. The molecule has 1 aromatic carbocycles. The minimum Gasteiger partial charge on any atom is -0.487 e. The van der Waals surface area contributed by atoms with E-state index in [1.54, 1.807) is 0 Å². The molecule has 20 heavy (non-hydrogen) atoms. The highest BCUT2D eigenvalue weighted by molar-refractivity contribution is 5.32. The van der Waals surface area contributed by atoms with Crippen molar-refractivity contribution in [2.24, 2.45) is 0 Å². The quantitative estimate of drug-likeness (QED) is 0.905. The van der Waals surface area contributed by atoms with Gasteiger partial charge in [0.05, 0.1) is 5.69 Å². The number of ether oxygens (including phenoxy) is 1. The zero-order valence-electron chi connectivity index (χ0n) is 12.7. The van der Waals surface area contributed by atoms with Gasteiger partial charge in [-0.3, -0.25) is 4.98 Å². The van der Waals surface area contributed by atoms with Crippen LogP contribution in [0.1, 0.15) is 28.1 Å². The normalized spacial score (nSPS) is 10.6. The van der Waals surface area contributed by atoms with Gasteiger partial charge in [-0.05, 0) is 56.6 Å². The summed E-state index contributed by atoms with van der Waals surface area (Å²) in [7, 11) is 1.91. The molecular weight excluding hydrogens is 248 g/mol. The van der Waals surface area contributed by atoms with Crippen LogP contribution in [0, 0.1) is 20.8 Å². The summed E-state index contributed by atoms with van der Waals surface area (Å²) in [6.45, 7) is 7.52. The van der Waals surface area contributed by atoms with Gasteiger partial charge in [-0.15, -0.1) is 0 Å². The summed E-state index contributed by atoms with van der Waals surface area (Å²) in [6, 6.07) is 10.4. The Morgan fingerprint density at radius 3 is 2.55 bits per heavy atom. The van der Waals surface area contributed by atoms with Gasteiger partial charge >= 0.3 is 0 Å². The molecular formula is C17H22N2O. The van der Waals surface area contributed by atoms with Gasteiger partial charge in [-0.25, -0.2) is 0 Å². The van der Waals surface area contributed by atoms with E-state index in [0.29, 0.717) is 13.2 Å². The van der Waals surface area contributed by atoms with Crippen molar-refractivity contribution in [1.29, 1.82) is 0 Å². The van der Waals surface area contributed by atoms with Crippen LogP contribution in [0.2, 0.25) is 0 Å². The average molecular weight is 270 g/mol. The summed E-state index contributed by atoms with van der Waals surface area (Å²) in [5.74, 6) is 0.850. The topological polar surface area (TPSA) is 34.2 Å². The van der Waals surface area contributed by atoms with Crippen LogP contribution in [0.3, 0.4) is 0 Å². The molecule has 0 aliphatic rings. The fourth-order valence-electron chi connectivity index (χ4n) is 2.08. The lowest BCUT2D eigenvalue weighted by molar-refractivity contribution is 0.300. The second kappa shape index (κ2) is 6.53. The van der Waals surface area contributed by atoms with Gasteiger partial charge in [0.15, 0.2) is 0 Å². The van der Waals surface area contributed by atoms with Crippen LogP contribution in [0.25, 0.3) is 0 Å². The third-order valence-corrected chi connectivity index (χ3v) is 3.38. The molecule has 0 bridgehead atoms. The predicted molar refractivity (Wildman–Crippen MR) is 82.0 cm³/mol. The highest BCUT2D eigenvalue weighted by atomic mass is 16.5. The van der Waals surface area contributed by atoms with Crippen molar-refractivity contribution >= 4 is 0 Å². The van der Waals surface area contributed by atoms with Crippen LogP contribution >= 0.6 is 0 Å². The molecule has 1 aromatic heterocycles. The maximum absolute atomic E-state index is 5.92. The summed E-state index contributed by atoms with van der Waals surface area (Å²) >= 11 is 0. The fraction of sp³-hybridized carbons (Fsp3) is 0.353. The summed E-state index contributed by atoms with van der Waals surface area (Å²) in [5.41, 5.74) is 5.75. The number of aryl methyl sites for hydroxylation is 3. The summed E-state index contributed by atoms with van der Waals surface area (Å²) < 4.78 is 5.92. The van der Waals surface area contributed by atoms with Gasteiger partial charge < -0.3 is 10.1 Å². The number of nitrogens with zero attached hydrogens (tertiary/aromatic N) is 1. The van der Waals surface area contributed by atoms with Crippen molar-refractivity contribution in [3.05, 3.63) is 58.4 Å². The lowest BCUT2D eigenvalue weighted by atomic mass is 10.1. The molecule has 0 spiro atoms. The Hall–Kier alpha value is -1.87. The van der Waals surface area contributed by atoms with Gasteiger partial charge in [-0.2, -0.15) is 0 Å². The second-order valence-corrected chi connectivity index (χ2v) is 5.14. The summed E-state index contributed by atoms with van der Waals surface area (Å²) in [6.07, 6.45) is 0. The fourth-order valence-corrected chi connectivity index (χ4v) is 2.08. The van der Waals surface area contributed by atoms with Crippen molar-refractivity contribution in [2.45, 2.75) is 33.9 Å². The molecule has 3 nitrogen and oxygen atoms in total. The van der Waals surface area contributed by atoms with Crippen LogP contribution < -0.4 is 10.1 Å². The van der Waals surface area contributed by atoms with Crippen LogP contribution in [0.5, 0.6) is 5.75 Å². The van der Waals surface area contributed by atoms with Crippen molar-refractivity contribution in [3.8, 4) is 5.75 Å². The minimum absolute atomic E-state index is 0.572. The van der Waals surface area contributed by atoms with Crippen LogP contribution in [-0.2, 0) is 13.2 Å². The molecule has 1 heterocycles. The molecule has 3 heteroatoms. The molecule has 0 unspecified atom stereocenters. The van der Waals surface area contributed by atoms with E-state index >= 15 is 0 Å². The molecule has 1 N–H and O–H groups in total. The smallest absolute Gasteiger partial charge is 0.142 e. The lowest BCUT2D eigenvalue weighted by Gasteiger charge is -2.12. The Morgan fingerprint density at radius 1 is 1.05 bits per heavy atom. The number of aromatic nitrogens is 1. The number of pyridine rings is 1. The minimum atomic E-state index is 0.572. The SMILES string of the molecule is CNCc1nc(C)ccc1OCc1ccc(C)c(C)c1. The Morgan fingerprint density at radius 2 is 1.85 bits per heavy atom. The van der Waals surface area contributed by atoms with E-state index in [1.807, 2.05) is 26.1 Å². The molecule has 106 valence electrons. The van der Waals surface area contributed by atoms with E-state index in [-0.39, 0.29) is 0 Å². The predicted octanol–water partition coefficient (Wildman–Crippen LogP) is 3.31. The van der Waals surface area contributed by atoms with Crippen molar-refractivity contribution in [1.82, 2.24) is 10.3 Å². The van der Waals surface area contributed by atoms with Crippen molar-refractivity contribution < 1.29 is 4.74 Å². The van der Waals surface area contributed by atoms with E-state index in [2.05, 4.69) is 42.3 Å². The third kappa shape index (κ3) is 3.58. The molecule has 0 fully saturated rings. The Bertz CT molecular complexity index is 594. The molecule has 0 radical (unpaired) electrons. The van der Waals surface area contributed by atoms with Gasteiger partial charge in [-0.1, -0.05) is 18.2 Å². The van der Waals surface area contributed by atoms with E-state index in [1.165, 1.54) is 16.7 Å². The largest absolute Gasteiger partial charge is 0.487 e. The first-order chi connectivity index (χ1) is 9.60. The molecule has 0 amide bonds. The average Bonchev–Trinajstić information content (AvgIpc) is 2.42. The lowest BCUT2D eigenvalue weighted by Crippen LogP contribution is -2.10. The molecule has 2 rings (SSSR count). The van der Waals surface area contributed by atoms with E-state index in [4.69, 9.17) is 4.74 Å². The Labute approximate surface area is 121 Å².